The van der Waals surface area contributed by atoms with E-state index < -0.39 is 5.92 Å². The number of ketones is 1. The molecule has 3 rings (SSSR count). The number of fused-ring (bicyclic) bond motifs is 1. The van der Waals surface area contributed by atoms with E-state index in [-0.39, 0.29) is 18.2 Å². The summed E-state index contributed by atoms with van der Waals surface area (Å²) >= 11 is 0. The number of anilines is 1. The van der Waals surface area contributed by atoms with Gasteiger partial charge in [-0.05, 0) is 48.1 Å². The maximum absolute atomic E-state index is 12.7. The molecule has 0 radical (unpaired) electrons. The molecule has 0 saturated carbocycles. The van der Waals surface area contributed by atoms with Gasteiger partial charge >= 0.3 is 0 Å². The third-order valence-electron chi connectivity index (χ3n) is 4.61. The predicted octanol–water partition coefficient (Wildman–Crippen LogP) is 3.44. The van der Waals surface area contributed by atoms with Gasteiger partial charge in [0, 0.05) is 36.4 Å². The van der Waals surface area contributed by atoms with Gasteiger partial charge in [0.15, 0.2) is 0 Å². The number of hydrogen-bond acceptors (Lipinski definition) is 4. The number of nitrogens with zero attached hydrogens (tertiary/aromatic N) is 1. The number of rotatable bonds is 7. The number of carbonyl (C=O) groups is 2. The lowest BCUT2D eigenvalue weighted by Gasteiger charge is -2.16. The Morgan fingerprint density at radius 3 is 2.56 bits per heavy atom. The largest absolute Gasteiger partial charge is 0.329 e. The van der Waals surface area contributed by atoms with E-state index >= 15 is 0 Å². The van der Waals surface area contributed by atoms with Crippen LogP contribution >= 0.6 is 0 Å². The second kappa shape index (κ2) is 8.56. The molecule has 27 heavy (non-hydrogen) atoms. The molecule has 5 nitrogen and oxygen atoms in total. The third kappa shape index (κ3) is 4.77. The molecule has 3 N–H and O–H groups in total. The molecule has 1 atom stereocenters. The first-order valence-corrected chi connectivity index (χ1v) is 9.00. The Morgan fingerprint density at radius 2 is 1.85 bits per heavy atom. The first-order valence-electron chi connectivity index (χ1n) is 9.00. The second-order valence-electron chi connectivity index (χ2n) is 6.66. The molecule has 0 saturated heterocycles. The van der Waals surface area contributed by atoms with E-state index in [1.807, 2.05) is 48.5 Å². The molecule has 0 bridgehead atoms. The highest BCUT2D eigenvalue weighted by Gasteiger charge is 2.19. The number of nitrogens with one attached hydrogen (secondary N) is 1. The summed E-state index contributed by atoms with van der Waals surface area (Å²) < 4.78 is 0. The van der Waals surface area contributed by atoms with Crippen molar-refractivity contribution in [1.82, 2.24) is 4.98 Å². The third-order valence-corrected chi connectivity index (χ3v) is 4.61. The number of amides is 1. The monoisotopic (exact) mass is 361 g/mol. The van der Waals surface area contributed by atoms with E-state index in [1.165, 1.54) is 0 Å². The number of pyridine rings is 1. The van der Waals surface area contributed by atoms with Gasteiger partial charge in [0.2, 0.25) is 5.91 Å². The van der Waals surface area contributed by atoms with Gasteiger partial charge in [0.05, 0.1) is 5.92 Å². The van der Waals surface area contributed by atoms with Crippen LogP contribution in [0.3, 0.4) is 0 Å². The number of Topliss-reactive ketones (excluding diaryl/α,β-unsaturated/α-hetero) is 1. The van der Waals surface area contributed by atoms with Gasteiger partial charge in [-0.2, -0.15) is 0 Å². The summed E-state index contributed by atoms with van der Waals surface area (Å²) in [5.41, 5.74) is 8.55. The van der Waals surface area contributed by atoms with Crippen molar-refractivity contribution in [2.24, 2.45) is 5.73 Å². The maximum atomic E-state index is 12.7. The SMILES string of the molecule is CC(=O)CCc1ccc([C@H](CN)C(=O)Nc2ccc3cnccc3c2)cc1. The minimum absolute atomic E-state index is 0.137. The number of carbonyl (C=O) groups excluding carboxylic acids is 2. The van der Waals surface area contributed by atoms with Crippen molar-refractivity contribution in [1.29, 1.82) is 0 Å². The minimum atomic E-state index is -0.431. The van der Waals surface area contributed by atoms with E-state index in [4.69, 9.17) is 5.73 Å². The molecule has 0 fully saturated rings. The van der Waals surface area contributed by atoms with Crippen LogP contribution in [0.4, 0.5) is 5.69 Å². The highest BCUT2D eigenvalue weighted by Crippen LogP contribution is 2.22. The minimum Gasteiger partial charge on any atom is -0.329 e. The van der Waals surface area contributed by atoms with E-state index in [1.54, 1.807) is 19.3 Å². The first-order chi connectivity index (χ1) is 13.1. The lowest BCUT2D eigenvalue weighted by molar-refractivity contribution is -0.118. The van der Waals surface area contributed by atoms with Crippen molar-refractivity contribution in [2.45, 2.75) is 25.7 Å². The van der Waals surface area contributed by atoms with Crippen molar-refractivity contribution < 1.29 is 9.59 Å². The van der Waals surface area contributed by atoms with Crippen molar-refractivity contribution in [2.75, 3.05) is 11.9 Å². The van der Waals surface area contributed by atoms with Crippen LogP contribution in [0.2, 0.25) is 0 Å². The van der Waals surface area contributed by atoms with Crippen LogP contribution in [-0.2, 0) is 16.0 Å². The standard InChI is InChI=1S/C22H23N3O2/c1-15(26)2-3-16-4-6-17(7-5-16)21(13-23)22(27)25-20-9-8-19-14-24-11-10-18(19)12-20/h4-12,14,21H,2-3,13,23H2,1H3,(H,25,27)/t21-/m0/s1. The van der Waals surface area contributed by atoms with Crippen LogP contribution < -0.4 is 11.1 Å². The lowest BCUT2D eigenvalue weighted by atomic mass is 9.96. The normalized spacial score (nSPS) is 11.9. The van der Waals surface area contributed by atoms with Crippen molar-refractivity contribution >= 4 is 28.2 Å². The Bertz CT molecular complexity index is 951. The van der Waals surface area contributed by atoms with Gasteiger partial charge in [-0.25, -0.2) is 0 Å². The van der Waals surface area contributed by atoms with Crippen molar-refractivity contribution in [3.63, 3.8) is 0 Å². The van der Waals surface area contributed by atoms with Crippen LogP contribution in [0.5, 0.6) is 0 Å². The van der Waals surface area contributed by atoms with Gasteiger partial charge in [0.1, 0.15) is 5.78 Å². The topological polar surface area (TPSA) is 85.1 Å². The zero-order valence-corrected chi connectivity index (χ0v) is 15.3. The Labute approximate surface area is 158 Å². The Kier molecular flexibility index (Phi) is 5.94. The molecule has 3 aromatic rings. The Balaban J connectivity index is 1.72. The summed E-state index contributed by atoms with van der Waals surface area (Å²) in [6.45, 7) is 1.81. The van der Waals surface area contributed by atoms with E-state index in [0.29, 0.717) is 12.8 Å². The molecule has 1 aromatic heterocycles. The average molecular weight is 361 g/mol. The van der Waals surface area contributed by atoms with Crippen molar-refractivity contribution in [3.8, 4) is 0 Å². The van der Waals surface area contributed by atoms with E-state index in [0.717, 1.165) is 27.6 Å². The molecule has 0 aliphatic heterocycles. The highest BCUT2D eigenvalue weighted by molar-refractivity contribution is 5.98. The number of benzene rings is 2. The van der Waals surface area contributed by atoms with Crippen LogP contribution in [-0.4, -0.2) is 23.2 Å². The summed E-state index contributed by atoms with van der Waals surface area (Å²) in [5.74, 6) is -0.396. The zero-order valence-electron chi connectivity index (χ0n) is 15.3. The number of nitrogens with two attached hydrogens (primary N) is 1. The van der Waals surface area contributed by atoms with Crippen LogP contribution in [0.1, 0.15) is 30.4 Å². The fourth-order valence-electron chi connectivity index (χ4n) is 3.02. The fourth-order valence-corrected chi connectivity index (χ4v) is 3.02. The number of aromatic nitrogens is 1. The van der Waals surface area contributed by atoms with Crippen molar-refractivity contribution in [3.05, 3.63) is 72.1 Å². The van der Waals surface area contributed by atoms with Gasteiger partial charge in [-0.1, -0.05) is 30.3 Å². The quantitative estimate of drug-likeness (QED) is 0.675. The summed E-state index contributed by atoms with van der Waals surface area (Å²) in [6, 6.07) is 15.4. The number of aryl methyl sites for hydroxylation is 1. The molecular weight excluding hydrogens is 338 g/mol. The van der Waals surface area contributed by atoms with Crippen LogP contribution in [0.25, 0.3) is 10.8 Å². The zero-order chi connectivity index (χ0) is 19.2. The number of hydrogen-bond donors (Lipinski definition) is 2. The second-order valence-corrected chi connectivity index (χ2v) is 6.66. The average Bonchev–Trinajstić information content (AvgIpc) is 2.68. The highest BCUT2D eigenvalue weighted by atomic mass is 16.2. The molecule has 0 unspecified atom stereocenters. The van der Waals surface area contributed by atoms with E-state index in [2.05, 4.69) is 10.3 Å². The summed E-state index contributed by atoms with van der Waals surface area (Å²) in [5, 5.41) is 4.99. The molecule has 0 aliphatic rings. The van der Waals surface area contributed by atoms with Crippen LogP contribution in [0.15, 0.2) is 60.9 Å². The summed E-state index contributed by atoms with van der Waals surface area (Å²) in [6.07, 6.45) is 4.75. The van der Waals surface area contributed by atoms with Gasteiger partial charge in [-0.3, -0.25) is 9.78 Å². The molecular formula is C22H23N3O2. The molecule has 1 heterocycles. The lowest BCUT2D eigenvalue weighted by Crippen LogP contribution is -2.27. The Hall–Kier alpha value is -3.05. The first kappa shape index (κ1) is 18.7. The maximum Gasteiger partial charge on any atom is 0.233 e. The molecule has 2 aromatic carbocycles. The molecule has 0 spiro atoms. The molecule has 0 aliphatic carbocycles. The summed E-state index contributed by atoms with van der Waals surface area (Å²) in [7, 11) is 0. The molecule has 1 amide bonds. The summed E-state index contributed by atoms with van der Waals surface area (Å²) in [4.78, 5) is 27.9. The predicted molar refractivity (Wildman–Crippen MR) is 108 cm³/mol. The van der Waals surface area contributed by atoms with Gasteiger partial charge in [0.25, 0.3) is 0 Å². The van der Waals surface area contributed by atoms with E-state index in [9.17, 15) is 9.59 Å². The smallest absolute Gasteiger partial charge is 0.233 e. The van der Waals surface area contributed by atoms with Gasteiger partial charge < -0.3 is 15.8 Å². The molecule has 5 heteroatoms. The van der Waals surface area contributed by atoms with Crippen LogP contribution in [0, 0.1) is 0 Å². The fraction of sp³-hybridized carbons (Fsp3) is 0.227. The Morgan fingerprint density at radius 1 is 1.07 bits per heavy atom. The molecule has 138 valence electrons. The van der Waals surface area contributed by atoms with Gasteiger partial charge in [-0.15, -0.1) is 0 Å².